The summed E-state index contributed by atoms with van der Waals surface area (Å²) in [6.07, 6.45) is 0.0694. The first-order valence-corrected chi connectivity index (χ1v) is 12.9. The number of benzene rings is 2. The number of amides is 1. The highest BCUT2D eigenvalue weighted by atomic mass is 32.2. The van der Waals surface area contributed by atoms with Gasteiger partial charge in [-0.25, -0.2) is 13.8 Å². The third kappa shape index (κ3) is 8.47. The van der Waals surface area contributed by atoms with Crippen LogP contribution in [-0.4, -0.2) is 40.4 Å². The van der Waals surface area contributed by atoms with E-state index in [1.807, 2.05) is 24.4 Å². The zero-order valence-corrected chi connectivity index (χ0v) is 20.8. The summed E-state index contributed by atoms with van der Waals surface area (Å²) in [6.45, 7) is 4.74. The maximum absolute atomic E-state index is 13.7. The van der Waals surface area contributed by atoms with Crippen molar-refractivity contribution in [3.8, 4) is 0 Å². The number of halogens is 2. The van der Waals surface area contributed by atoms with Gasteiger partial charge in [-0.1, -0.05) is 43.0 Å². The van der Waals surface area contributed by atoms with Crippen molar-refractivity contribution in [2.75, 3.05) is 12.3 Å². The van der Waals surface area contributed by atoms with Gasteiger partial charge >= 0.3 is 0 Å². The van der Waals surface area contributed by atoms with Crippen LogP contribution in [0.15, 0.2) is 52.2 Å². The predicted molar refractivity (Wildman–Crippen MR) is 133 cm³/mol. The van der Waals surface area contributed by atoms with Crippen LogP contribution in [0.1, 0.15) is 29.3 Å². The van der Waals surface area contributed by atoms with Crippen molar-refractivity contribution in [1.29, 1.82) is 0 Å². The van der Waals surface area contributed by atoms with E-state index in [4.69, 9.17) is 0 Å². The van der Waals surface area contributed by atoms with Gasteiger partial charge in [0.25, 0.3) is 0 Å². The Morgan fingerprint density at radius 2 is 1.88 bits per heavy atom. The van der Waals surface area contributed by atoms with Crippen molar-refractivity contribution >= 4 is 29.0 Å². The molecule has 2 atom stereocenters. The minimum absolute atomic E-state index is 0.0929. The maximum atomic E-state index is 13.7. The van der Waals surface area contributed by atoms with Crippen LogP contribution in [-0.2, 0) is 24.2 Å². The van der Waals surface area contributed by atoms with Gasteiger partial charge in [0.05, 0.1) is 17.9 Å². The molecule has 3 rings (SSSR count). The van der Waals surface area contributed by atoms with Crippen molar-refractivity contribution in [2.24, 2.45) is 0 Å². The first-order chi connectivity index (χ1) is 16.3. The minimum Gasteiger partial charge on any atom is -0.390 e. The summed E-state index contributed by atoms with van der Waals surface area (Å²) in [5.41, 5.74) is 3.58. The lowest BCUT2D eigenvalue weighted by Gasteiger charge is -2.25. The number of carbonyl (C=O) groups excluding carboxylic acids is 1. The molecule has 0 aliphatic heterocycles. The molecule has 0 spiro atoms. The number of hydrogen-bond acceptors (Lipinski definition) is 6. The fourth-order valence-corrected chi connectivity index (χ4v) is 5.17. The van der Waals surface area contributed by atoms with E-state index in [9.17, 15) is 18.7 Å². The van der Waals surface area contributed by atoms with Gasteiger partial charge in [0.15, 0.2) is 4.34 Å². The molecule has 34 heavy (non-hydrogen) atoms. The number of thioether (sulfide) groups is 1. The summed E-state index contributed by atoms with van der Waals surface area (Å²) in [5.74, 6) is -1.55. The van der Waals surface area contributed by atoms with E-state index in [2.05, 4.69) is 34.7 Å². The number of aliphatic hydroxyl groups is 1. The second kappa shape index (κ2) is 12.9. The van der Waals surface area contributed by atoms with Crippen LogP contribution in [0.4, 0.5) is 8.78 Å². The molecule has 0 unspecified atom stereocenters. The number of nitrogens with zero attached hydrogens (tertiary/aromatic N) is 1. The van der Waals surface area contributed by atoms with Crippen LogP contribution in [0, 0.1) is 18.6 Å². The van der Waals surface area contributed by atoms with Crippen molar-refractivity contribution < 1.29 is 18.7 Å². The number of aryl methyl sites for hydroxylation is 2. The van der Waals surface area contributed by atoms with Gasteiger partial charge in [-0.15, -0.1) is 11.3 Å². The Balaban J connectivity index is 1.62. The molecule has 9 heteroatoms. The molecule has 3 N–H and O–H groups in total. The van der Waals surface area contributed by atoms with Gasteiger partial charge in [-0.05, 0) is 48.6 Å². The molecule has 3 aromatic rings. The van der Waals surface area contributed by atoms with E-state index >= 15 is 0 Å². The molecule has 0 aliphatic carbocycles. The summed E-state index contributed by atoms with van der Waals surface area (Å²) in [7, 11) is 0. The quantitative estimate of drug-likeness (QED) is 0.321. The molecule has 1 amide bonds. The lowest BCUT2D eigenvalue weighted by atomic mass is 10.0. The van der Waals surface area contributed by atoms with Crippen LogP contribution < -0.4 is 10.6 Å². The summed E-state index contributed by atoms with van der Waals surface area (Å²) in [4.78, 5) is 16.9. The normalized spacial score (nSPS) is 13.0. The number of aromatic nitrogens is 1. The standard InChI is InChI=1S/C25H29F2N3O2S2/c1-3-17-5-4-6-18(7-17)12-28-13-23(31)22(10-19-8-20(26)11-21(27)9-19)30-24(32)15-34-25-29-16(2)14-33-25/h4-9,11,14,22-23,28,31H,3,10,12-13,15H2,1-2H3,(H,30,32)/t22-,23-/m0/s1. The van der Waals surface area contributed by atoms with E-state index in [0.29, 0.717) is 12.1 Å². The Bertz CT molecular complexity index is 1070. The average molecular weight is 506 g/mol. The Morgan fingerprint density at radius 3 is 2.56 bits per heavy atom. The predicted octanol–water partition coefficient (Wildman–Crippen LogP) is 4.26. The monoisotopic (exact) mass is 505 g/mol. The highest BCUT2D eigenvalue weighted by molar-refractivity contribution is 8.01. The summed E-state index contributed by atoms with van der Waals surface area (Å²) in [6, 6.07) is 10.7. The summed E-state index contributed by atoms with van der Waals surface area (Å²) >= 11 is 2.77. The molecule has 2 aromatic carbocycles. The van der Waals surface area contributed by atoms with E-state index in [0.717, 1.165) is 28.1 Å². The molecule has 0 aliphatic rings. The highest BCUT2D eigenvalue weighted by Crippen LogP contribution is 2.22. The molecule has 1 heterocycles. The van der Waals surface area contributed by atoms with Gasteiger partial charge < -0.3 is 15.7 Å². The average Bonchev–Trinajstić information content (AvgIpc) is 3.22. The molecule has 0 radical (unpaired) electrons. The smallest absolute Gasteiger partial charge is 0.230 e. The minimum atomic E-state index is -0.961. The zero-order valence-electron chi connectivity index (χ0n) is 19.2. The second-order valence-corrected chi connectivity index (χ2v) is 10.2. The summed E-state index contributed by atoms with van der Waals surface area (Å²) in [5, 5.41) is 18.8. The SMILES string of the molecule is CCc1cccc(CNC[C@H](O)[C@H](Cc2cc(F)cc(F)c2)NC(=O)CSc2nc(C)cs2)c1. The number of rotatable bonds is 12. The number of carbonyl (C=O) groups is 1. The fraction of sp³-hybridized carbons (Fsp3) is 0.360. The number of hydrogen-bond donors (Lipinski definition) is 3. The van der Waals surface area contributed by atoms with Crippen LogP contribution in [0.25, 0.3) is 0 Å². The topological polar surface area (TPSA) is 74.2 Å². The van der Waals surface area contributed by atoms with Crippen molar-refractivity contribution in [3.05, 3.63) is 81.9 Å². The van der Waals surface area contributed by atoms with E-state index in [1.54, 1.807) is 0 Å². The Labute approximate surface area is 207 Å². The van der Waals surface area contributed by atoms with Crippen LogP contribution >= 0.6 is 23.1 Å². The van der Waals surface area contributed by atoms with Gasteiger partial charge in [0.1, 0.15) is 11.6 Å². The Kier molecular flexibility index (Phi) is 10.0. The molecule has 0 fully saturated rings. The van der Waals surface area contributed by atoms with Gasteiger partial charge in [-0.3, -0.25) is 4.79 Å². The Morgan fingerprint density at radius 1 is 1.15 bits per heavy atom. The molecule has 0 saturated carbocycles. The molecule has 1 aromatic heterocycles. The van der Waals surface area contributed by atoms with Crippen molar-refractivity contribution in [3.63, 3.8) is 0 Å². The van der Waals surface area contributed by atoms with Gasteiger partial charge in [-0.2, -0.15) is 0 Å². The van der Waals surface area contributed by atoms with E-state index in [-0.39, 0.29) is 24.6 Å². The molecule has 182 valence electrons. The number of aliphatic hydroxyl groups excluding tert-OH is 1. The van der Waals surface area contributed by atoms with E-state index in [1.165, 1.54) is 40.8 Å². The lowest BCUT2D eigenvalue weighted by molar-refractivity contribution is -0.120. The Hall–Kier alpha value is -2.33. The number of thiazole rings is 1. The molecule has 5 nitrogen and oxygen atoms in total. The lowest BCUT2D eigenvalue weighted by Crippen LogP contribution is -2.49. The van der Waals surface area contributed by atoms with Crippen LogP contribution in [0.3, 0.4) is 0 Å². The van der Waals surface area contributed by atoms with Crippen LogP contribution in [0.2, 0.25) is 0 Å². The molecular weight excluding hydrogens is 476 g/mol. The van der Waals surface area contributed by atoms with Gasteiger partial charge in [0, 0.05) is 30.2 Å². The number of nitrogens with one attached hydrogen (secondary N) is 2. The first kappa shape index (κ1) is 26.3. The third-order valence-electron chi connectivity index (χ3n) is 5.20. The van der Waals surface area contributed by atoms with E-state index < -0.39 is 23.8 Å². The molecule has 0 bridgehead atoms. The third-order valence-corrected chi connectivity index (χ3v) is 7.33. The van der Waals surface area contributed by atoms with Crippen molar-refractivity contribution in [1.82, 2.24) is 15.6 Å². The second-order valence-electron chi connectivity index (χ2n) is 8.07. The molecular formula is C25H29F2N3O2S2. The molecule has 0 saturated heterocycles. The maximum Gasteiger partial charge on any atom is 0.230 e. The first-order valence-electron chi connectivity index (χ1n) is 11.1. The van der Waals surface area contributed by atoms with Crippen LogP contribution in [0.5, 0.6) is 0 Å². The fourth-order valence-electron chi connectivity index (χ4n) is 3.51. The van der Waals surface area contributed by atoms with Crippen molar-refractivity contribution in [2.45, 2.75) is 49.7 Å². The zero-order chi connectivity index (χ0) is 24.5. The summed E-state index contributed by atoms with van der Waals surface area (Å²) < 4.78 is 28.2. The van der Waals surface area contributed by atoms with Gasteiger partial charge in [0.2, 0.25) is 5.91 Å². The highest BCUT2D eigenvalue weighted by Gasteiger charge is 2.22. The largest absolute Gasteiger partial charge is 0.390 e.